The van der Waals surface area contributed by atoms with Crippen molar-refractivity contribution in [3.05, 3.63) is 46.8 Å². The molecule has 5 nitrogen and oxygen atoms in total. The van der Waals surface area contributed by atoms with Gasteiger partial charge in [0.05, 0.1) is 6.20 Å². The van der Waals surface area contributed by atoms with Gasteiger partial charge in [0.15, 0.2) is 5.76 Å². The number of carbonyl (C=O) groups is 1. The molecule has 6 heteroatoms. The van der Waals surface area contributed by atoms with E-state index in [9.17, 15) is 4.79 Å². The minimum atomic E-state index is -0.313. The minimum absolute atomic E-state index is 0.262. The summed E-state index contributed by atoms with van der Waals surface area (Å²) >= 11 is 3.35. The minimum Gasteiger partial charge on any atom is -0.451 e. The van der Waals surface area contributed by atoms with Gasteiger partial charge in [0.25, 0.3) is 5.91 Å². The molecule has 0 fully saturated rings. The Kier molecular flexibility index (Phi) is 2.64. The van der Waals surface area contributed by atoms with Crippen molar-refractivity contribution in [3.8, 4) is 0 Å². The molecular weight excluding hydrogens is 298 g/mol. The van der Waals surface area contributed by atoms with Crippen LogP contribution in [-0.2, 0) is 0 Å². The van der Waals surface area contributed by atoms with Gasteiger partial charge in [0.1, 0.15) is 11.4 Å². The third-order valence-electron chi connectivity index (χ3n) is 2.45. The summed E-state index contributed by atoms with van der Waals surface area (Å²) in [6, 6.07) is 8.97. The summed E-state index contributed by atoms with van der Waals surface area (Å²) in [5.41, 5.74) is 0.666. The molecule has 0 unspecified atom stereocenters. The van der Waals surface area contributed by atoms with Crippen LogP contribution in [-0.4, -0.2) is 16.1 Å². The van der Waals surface area contributed by atoms with Crippen molar-refractivity contribution in [2.75, 3.05) is 5.32 Å². The number of carbonyl (C=O) groups excluding carboxylic acids is 1. The molecule has 0 radical (unpaired) electrons. The maximum Gasteiger partial charge on any atom is 0.292 e. The monoisotopic (exact) mass is 305 g/mol. The molecule has 0 aliphatic rings. The number of halogens is 1. The number of aromatic amines is 1. The van der Waals surface area contributed by atoms with Gasteiger partial charge in [-0.2, -0.15) is 5.10 Å². The van der Waals surface area contributed by atoms with E-state index in [0.29, 0.717) is 11.4 Å². The summed E-state index contributed by atoms with van der Waals surface area (Å²) in [6.45, 7) is 0. The lowest BCUT2D eigenvalue weighted by molar-refractivity contribution is 0.0998. The number of H-pyrrole nitrogens is 1. The summed E-state index contributed by atoms with van der Waals surface area (Å²) in [5.74, 6) is 0.478. The first-order valence-corrected chi connectivity index (χ1v) is 6.01. The van der Waals surface area contributed by atoms with E-state index in [0.717, 1.165) is 9.86 Å². The number of fused-ring (bicyclic) bond motifs is 1. The van der Waals surface area contributed by atoms with E-state index >= 15 is 0 Å². The van der Waals surface area contributed by atoms with Crippen molar-refractivity contribution in [2.24, 2.45) is 0 Å². The van der Waals surface area contributed by atoms with Gasteiger partial charge in [-0.1, -0.05) is 15.9 Å². The van der Waals surface area contributed by atoms with Crippen molar-refractivity contribution in [3.63, 3.8) is 0 Å². The summed E-state index contributed by atoms with van der Waals surface area (Å²) in [7, 11) is 0. The Morgan fingerprint density at radius 3 is 3.00 bits per heavy atom. The number of nitrogens with zero attached hydrogens (tertiary/aromatic N) is 1. The van der Waals surface area contributed by atoms with Gasteiger partial charge in [-0.05, 0) is 24.3 Å². The number of hydrogen-bond donors (Lipinski definition) is 2. The van der Waals surface area contributed by atoms with Gasteiger partial charge in [0, 0.05) is 15.9 Å². The van der Waals surface area contributed by atoms with Gasteiger partial charge in [-0.3, -0.25) is 9.89 Å². The second-order valence-corrected chi connectivity index (χ2v) is 4.63. The number of hydrogen-bond acceptors (Lipinski definition) is 3. The lowest BCUT2D eigenvalue weighted by atomic mass is 10.2. The summed E-state index contributed by atoms with van der Waals surface area (Å²) in [5, 5.41) is 9.93. The molecule has 0 saturated heterocycles. The molecule has 2 heterocycles. The zero-order valence-electron chi connectivity index (χ0n) is 9.11. The third-order valence-corrected chi connectivity index (χ3v) is 2.95. The summed E-state index contributed by atoms with van der Waals surface area (Å²) in [4.78, 5) is 11.9. The zero-order chi connectivity index (χ0) is 12.5. The fourth-order valence-electron chi connectivity index (χ4n) is 1.63. The number of benzene rings is 1. The number of nitrogens with one attached hydrogen (secondary N) is 2. The second-order valence-electron chi connectivity index (χ2n) is 3.72. The molecule has 0 aliphatic carbocycles. The molecule has 2 N–H and O–H groups in total. The molecule has 18 heavy (non-hydrogen) atoms. The first kappa shape index (κ1) is 11.0. The van der Waals surface area contributed by atoms with E-state index in [2.05, 4.69) is 31.4 Å². The highest BCUT2D eigenvalue weighted by Crippen LogP contribution is 2.23. The summed E-state index contributed by atoms with van der Waals surface area (Å²) < 4.78 is 6.39. The normalized spacial score (nSPS) is 10.7. The quantitative estimate of drug-likeness (QED) is 0.764. The first-order valence-electron chi connectivity index (χ1n) is 5.22. The van der Waals surface area contributed by atoms with Crippen LogP contribution in [0.5, 0.6) is 0 Å². The number of aromatic nitrogens is 2. The highest BCUT2D eigenvalue weighted by molar-refractivity contribution is 9.10. The van der Waals surface area contributed by atoms with E-state index < -0.39 is 0 Å². The van der Waals surface area contributed by atoms with Crippen molar-refractivity contribution in [1.29, 1.82) is 0 Å². The topological polar surface area (TPSA) is 70.9 Å². The standard InChI is InChI=1S/C12H8BrN3O2/c13-8-2-1-7-5-10(18-9(7)6-8)12(17)15-11-3-4-14-16-11/h1-6H,(H2,14,15,16,17). The molecule has 0 aliphatic heterocycles. The number of rotatable bonds is 2. The van der Waals surface area contributed by atoms with Gasteiger partial charge in [0.2, 0.25) is 0 Å². The Balaban J connectivity index is 1.92. The van der Waals surface area contributed by atoms with E-state index in [1.807, 2.05) is 18.2 Å². The molecule has 2 aromatic heterocycles. The average molecular weight is 306 g/mol. The predicted molar refractivity (Wildman–Crippen MR) is 70.5 cm³/mol. The molecule has 0 spiro atoms. The van der Waals surface area contributed by atoms with E-state index in [1.165, 1.54) is 0 Å². The molecule has 0 bridgehead atoms. The van der Waals surface area contributed by atoms with Crippen LogP contribution >= 0.6 is 15.9 Å². The third kappa shape index (κ3) is 2.02. The second kappa shape index (κ2) is 4.30. The Labute approximate surface area is 110 Å². The predicted octanol–water partition coefficient (Wildman–Crippen LogP) is 3.17. The zero-order valence-corrected chi connectivity index (χ0v) is 10.7. The van der Waals surface area contributed by atoms with Crippen LogP contribution in [0.4, 0.5) is 5.82 Å². The van der Waals surface area contributed by atoms with Crippen LogP contribution in [0.3, 0.4) is 0 Å². The van der Waals surface area contributed by atoms with Gasteiger partial charge in [-0.15, -0.1) is 0 Å². The SMILES string of the molecule is O=C(Nc1ccn[nH]1)c1cc2ccc(Br)cc2o1. The highest BCUT2D eigenvalue weighted by atomic mass is 79.9. The first-order chi connectivity index (χ1) is 8.72. The van der Waals surface area contributed by atoms with E-state index in [-0.39, 0.29) is 11.7 Å². The van der Waals surface area contributed by atoms with Crippen molar-refractivity contribution in [2.45, 2.75) is 0 Å². The molecule has 0 saturated carbocycles. The fourth-order valence-corrected chi connectivity index (χ4v) is 1.97. The van der Waals surface area contributed by atoms with Crippen LogP contribution < -0.4 is 5.32 Å². The molecule has 90 valence electrons. The van der Waals surface area contributed by atoms with Gasteiger partial charge >= 0.3 is 0 Å². The van der Waals surface area contributed by atoms with Crippen LogP contribution in [0, 0.1) is 0 Å². The number of anilines is 1. The van der Waals surface area contributed by atoms with Crippen LogP contribution in [0.2, 0.25) is 0 Å². The summed E-state index contributed by atoms with van der Waals surface area (Å²) in [6.07, 6.45) is 1.56. The largest absolute Gasteiger partial charge is 0.451 e. The van der Waals surface area contributed by atoms with E-state index in [1.54, 1.807) is 18.3 Å². The highest BCUT2D eigenvalue weighted by Gasteiger charge is 2.13. The van der Waals surface area contributed by atoms with Crippen LogP contribution in [0.1, 0.15) is 10.6 Å². The van der Waals surface area contributed by atoms with Crippen molar-refractivity contribution < 1.29 is 9.21 Å². The van der Waals surface area contributed by atoms with E-state index in [4.69, 9.17) is 4.42 Å². The Bertz CT molecular complexity index is 703. The van der Waals surface area contributed by atoms with Crippen LogP contribution in [0.15, 0.2) is 45.4 Å². The molecule has 1 aromatic carbocycles. The lowest BCUT2D eigenvalue weighted by Gasteiger charge is -1.97. The average Bonchev–Trinajstić information content (AvgIpc) is 2.96. The molecular formula is C12H8BrN3O2. The van der Waals surface area contributed by atoms with Crippen molar-refractivity contribution in [1.82, 2.24) is 10.2 Å². The van der Waals surface area contributed by atoms with Crippen LogP contribution in [0.25, 0.3) is 11.0 Å². The smallest absolute Gasteiger partial charge is 0.292 e. The molecule has 0 atom stereocenters. The Hall–Kier alpha value is -2.08. The molecule has 3 rings (SSSR count). The maximum absolute atomic E-state index is 11.9. The number of furan rings is 1. The molecule has 1 amide bonds. The Morgan fingerprint density at radius 2 is 2.22 bits per heavy atom. The molecule has 3 aromatic rings. The van der Waals surface area contributed by atoms with Gasteiger partial charge < -0.3 is 9.73 Å². The maximum atomic E-state index is 11.9. The van der Waals surface area contributed by atoms with Crippen molar-refractivity contribution >= 4 is 38.6 Å². The fraction of sp³-hybridized carbons (Fsp3) is 0. The van der Waals surface area contributed by atoms with Gasteiger partial charge in [-0.25, -0.2) is 0 Å². The number of amides is 1. The lowest BCUT2D eigenvalue weighted by Crippen LogP contribution is -2.10. The Morgan fingerprint density at radius 1 is 1.33 bits per heavy atom.